The molecule has 0 fully saturated rings. The van der Waals surface area contributed by atoms with Crippen molar-refractivity contribution >= 4 is 10.2 Å². The first-order valence-electron chi connectivity index (χ1n) is 5.72. The van der Waals surface area contributed by atoms with Crippen molar-refractivity contribution in [3.05, 3.63) is 29.8 Å². The van der Waals surface area contributed by atoms with Gasteiger partial charge in [0.2, 0.25) is 0 Å². The number of hydrogen-bond acceptors (Lipinski definition) is 3. The van der Waals surface area contributed by atoms with Gasteiger partial charge < -0.3 is 5.11 Å². The van der Waals surface area contributed by atoms with E-state index in [1.54, 1.807) is 38.4 Å². The highest BCUT2D eigenvalue weighted by Crippen LogP contribution is 2.15. The van der Waals surface area contributed by atoms with Crippen LogP contribution in [0.4, 0.5) is 0 Å². The number of nitrogens with zero attached hydrogens (tertiary/aromatic N) is 2. The topological polar surface area (TPSA) is 60.9 Å². The van der Waals surface area contributed by atoms with Gasteiger partial charge in [-0.25, -0.2) is 0 Å². The van der Waals surface area contributed by atoms with Crippen LogP contribution in [0.5, 0.6) is 5.75 Å². The first kappa shape index (κ1) is 14.9. The molecule has 0 aromatic heterocycles. The molecule has 0 saturated heterocycles. The number of phenolic OH excluding ortho intramolecular Hbond substituents is 1. The van der Waals surface area contributed by atoms with E-state index in [0.717, 1.165) is 5.56 Å². The normalized spacial score (nSPS) is 12.6. The minimum Gasteiger partial charge on any atom is -0.508 e. The molecule has 0 atom stereocenters. The number of aromatic hydroxyl groups is 1. The van der Waals surface area contributed by atoms with Gasteiger partial charge >= 0.3 is 0 Å². The highest BCUT2D eigenvalue weighted by Gasteiger charge is 2.25. The van der Waals surface area contributed by atoms with E-state index in [1.807, 2.05) is 13.8 Å². The van der Waals surface area contributed by atoms with Gasteiger partial charge in [0.05, 0.1) is 0 Å². The summed E-state index contributed by atoms with van der Waals surface area (Å²) < 4.78 is 26.9. The third kappa shape index (κ3) is 3.44. The van der Waals surface area contributed by atoms with E-state index in [4.69, 9.17) is 0 Å². The highest BCUT2D eigenvalue weighted by atomic mass is 32.2. The van der Waals surface area contributed by atoms with Crippen LogP contribution >= 0.6 is 0 Å². The minimum atomic E-state index is -3.44. The molecule has 0 aliphatic rings. The third-order valence-corrected chi connectivity index (χ3v) is 4.89. The van der Waals surface area contributed by atoms with Crippen LogP contribution in [0.15, 0.2) is 24.3 Å². The number of benzene rings is 1. The molecule has 6 heteroatoms. The molecule has 1 N–H and O–H groups in total. The second kappa shape index (κ2) is 5.69. The Labute approximate surface area is 109 Å². The molecule has 5 nitrogen and oxygen atoms in total. The van der Waals surface area contributed by atoms with Crippen molar-refractivity contribution in [3.8, 4) is 5.75 Å². The number of hydrogen-bond donors (Lipinski definition) is 1. The predicted molar refractivity (Wildman–Crippen MR) is 71.4 cm³/mol. The van der Waals surface area contributed by atoms with E-state index in [-0.39, 0.29) is 18.3 Å². The lowest BCUT2D eigenvalue weighted by Crippen LogP contribution is -2.42. The molecule has 0 heterocycles. The van der Waals surface area contributed by atoms with Gasteiger partial charge in [-0.2, -0.15) is 17.0 Å². The van der Waals surface area contributed by atoms with Crippen LogP contribution in [0.25, 0.3) is 0 Å². The SMILES string of the molecule is CC(C)N(C)S(=O)(=O)N(C)Cc1ccc(O)cc1. The maximum absolute atomic E-state index is 12.1. The van der Waals surface area contributed by atoms with Gasteiger partial charge in [-0.3, -0.25) is 0 Å². The van der Waals surface area contributed by atoms with Crippen molar-refractivity contribution in [2.45, 2.75) is 26.4 Å². The molecule has 0 unspecified atom stereocenters. The van der Waals surface area contributed by atoms with Crippen molar-refractivity contribution in [3.63, 3.8) is 0 Å². The highest BCUT2D eigenvalue weighted by molar-refractivity contribution is 7.86. The van der Waals surface area contributed by atoms with E-state index in [0.29, 0.717) is 0 Å². The largest absolute Gasteiger partial charge is 0.508 e. The fraction of sp³-hybridized carbons (Fsp3) is 0.500. The first-order chi connectivity index (χ1) is 8.25. The Bertz CT molecular complexity index is 483. The lowest BCUT2D eigenvalue weighted by Gasteiger charge is -2.27. The summed E-state index contributed by atoms with van der Waals surface area (Å²) in [4.78, 5) is 0. The molecule has 0 aliphatic heterocycles. The van der Waals surface area contributed by atoms with Gasteiger partial charge in [0, 0.05) is 26.7 Å². The predicted octanol–water partition coefficient (Wildman–Crippen LogP) is 1.41. The average Bonchev–Trinajstić information content (AvgIpc) is 2.30. The molecule has 1 aromatic rings. The van der Waals surface area contributed by atoms with Crippen molar-refractivity contribution in [1.29, 1.82) is 0 Å². The van der Waals surface area contributed by atoms with Crippen LogP contribution in [0, 0.1) is 0 Å². The van der Waals surface area contributed by atoms with Crippen LogP contribution in [0.2, 0.25) is 0 Å². The van der Waals surface area contributed by atoms with Gasteiger partial charge in [0.15, 0.2) is 0 Å². The molecule has 0 spiro atoms. The van der Waals surface area contributed by atoms with Crippen LogP contribution in [-0.2, 0) is 16.8 Å². The summed E-state index contributed by atoms with van der Waals surface area (Å²) in [5.41, 5.74) is 0.830. The summed E-state index contributed by atoms with van der Waals surface area (Å²) >= 11 is 0. The van der Waals surface area contributed by atoms with Gasteiger partial charge in [-0.05, 0) is 31.5 Å². The van der Waals surface area contributed by atoms with Crippen LogP contribution in [0.1, 0.15) is 19.4 Å². The molecule has 0 aliphatic carbocycles. The number of rotatable bonds is 5. The van der Waals surface area contributed by atoms with Crippen molar-refractivity contribution in [2.75, 3.05) is 14.1 Å². The second-order valence-corrected chi connectivity index (χ2v) is 6.64. The first-order valence-corrected chi connectivity index (χ1v) is 7.12. The molecule has 1 aromatic carbocycles. The molecule has 0 amide bonds. The quantitative estimate of drug-likeness (QED) is 0.881. The Kier molecular flexibility index (Phi) is 4.72. The van der Waals surface area contributed by atoms with Crippen LogP contribution < -0.4 is 0 Å². The Morgan fingerprint density at radius 3 is 2.11 bits per heavy atom. The zero-order chi connectivity index (χ0) is 13.9. The molecule has 0 radical (unpaired) electrons. The third-order valence-electron chi connectivity index (χ3n) is 2.83. The molecular formula is C12H20N2O3S. The molecule has 102 valence electrons. The Morgan fingerprint density at radius 1 is 1.17 bits per heavy atom. The Morgan fingerprint density at radius 2 is 1.67 bits per heavy atom. The van der Waals surface area contributed by atoms with Crippen molar-refractivity contribution < 1.29 is 13.5 Å². The van der Waals surface area contributed by atoms with Crippen LogP contribution in [0.3, 0.4) is 0 Å². The number of phenols is 1. The molecule has 18 heavy (non-hydrogen) atoms. The molecule has 0 bridgehead atoms. The lowest BCUT2D eigenvalue weighted by molar-refractivity contribution is 0.355. The minimum absolute atomic E-state index is 0.0859. The summed E-state index contributed by atoms with van der Waals surface area (Å²) in [6.07, 6.45) is 0. The van der Waals surface area contributed by atoms with Gasteiger partial charge in [0.1, 0.15) is 5.75 Å². The molecule has 1 rings (SSSR count). The van der Waals surface area contributed by atoms with E-state index in [1.165, 1.54) is 8.61 Å². The van der Waals surface area contributed by atoms with Crippen molar-refractivity contribution in [1.82, 2.24) is 8.61 Å². The molecule has 0 saturated carbocycles. The maximum Gasteiger partial charge on any atom is 0.282 e. The summed E-state index contributed by atoms with van der Waals surface area (Å²) in [5.74, 6) is 0.170. The fourth-order valence-corrected chi connectivity index (χ4v) is 2.71. The van der Waals surface area contributed by atoms with E-state index >= 15 is 0 Å². The standard InChI is InChI=1S/C12H20N2O3S/c1-10(2)14(4)18(16,17)13(3)9-11-5-7-12(15)8-6-11/h5-8,10,15H,9H2,1-4H3. The van der Waals surface area contributed by atoms with Crippen LogP contribution in [-0.4, -0.2) is 42.3 Å². The maximum atomic E-state index is 12.1. The Hall–Kier alpha value is -1.11. The summed E-state index contributed by atoms with van der Waals surface area (Å²) in [7, 11) is -0.337. The lowest BCUT2D eigenvalue weighted by atomic mass is 10.2. The summed E-state index contributed by atoms with van der Waals surface area (Å²) in [6.45, 7) is 3.93. The van der Waals surface area contributed by atoms with Gasteiger partial charge in [-0.15, -0.1) is 0 Å². The monoisotopic (exact) mass is 272 g/mol. The van der Waals surface area contributed by atoms with E-state index < -0.39 is 10.2 Å². The summed E-state index contributed by atoms with van der Waals surface area (Å²) in [6, 6.07) is 6.41. The zero-order valence-electron chi connectivity index (χ0n) is 11.2. The smallest absolute Gasteiger partial charge is 0.282 e. The fourth-order valence-electron chi connectivity index (χ4n) is 1.43. The molecular weight excluding hydrogens is 252 g/mol. The second-order valence-electron chi connectivity index (χ2n) is 4.54. The van der Waals surface area contributed by atoms with E-state index in [9.17, 15) is 13.5 Å². The average molecular weight is 272 g/mol. The Balaban J connectivity index is 2.82. The van der Waals surface area contributed by atoms with E-state index in [2.05, 4.69) is 0 Å². The zero-order valence-corrected chi connectivity index (χ0v) is 12.0. The van der Waals surface area contributed by atoms with Crippen molar-refractivity contribution in [2.24, 2.45) is 0 Å². The van der Waals surface area contributed by atoms with Gasteiger partial charge in [-0.1, -0.05) is 12.1 Å². The summed E-state index contributed by atoms with van der Waals surface area (Å²) in [5, 5.41) is 9.17. The van der Waals surface area contributed by atoms with Gasteiger partial charge in [0.25, 0.3) is 10.2 Å².